The zero-order valence-corrected chi connectivity index (χ0v) is 15.1. The van der Waals surface area contributed by atoms with Crippen LogP contribution in [0, 0.1) is 0 Å². The molecule has 0 bridgehead atoms. The molecule has 1 saturated heterocycles. The van der Waals surface area contributed by atoms with E-state index in [1.165, 1.54) is 6.07 Å². The molecule has 0 unspecified atom stereocenters. The van der Waals surface area contributed by atoms with Crippen molar-refractivity contribution in [1.29, 1.82) is 0 Å². The van der Waals surface area contributed by atoms with Crippen molar-refractivity contribution in [1.82, 2.24) is 4.90 Å². The maximum absolute atomic E-state index is 12.0. The van der Waals surface area contributed by atoms with Gasteiger partial charge in [-0.1, -0.05) is 11.6 Å². The molecule has 1 aliphatic rings. The first kappa shape index (κ1) is 18.7. The molecule has 1 aromatic rings. The van der Waals surface area contributed by atoms with Crippen LogP contribution in [0.25, 0.3) is 0 Å². The van der Waals surface area contributed by atoms with Crippen molar-refractivity contribution in [3.8, 4) is 5.75 Å². The topological polar surface area (TPSA) is 82.0 Å². The van der Waals surface area contributed by atoms with Gasteiger partial charge in [-0.15, -0.1) is 0 Å². The quantitative estimate of drug-likeness (QED) is 0.724. The minimum Gasteiger partial charge on any atom is -0.506 e. The number of nitrogens with one attached hydrogen (secondary N) is 1. The normalized spacial score (nSPS) is 17.5. The van der Waals surface area contributed by atoms with Gasteiger partial charge >= 0.3 is 6.09 Å². The lowest BCUT2D eigenvalue weighted by Gasteiger charge is -2.38. The number of piperidine rings is 1. The number of phenols is 1. The third-order valence-electron chi connectivity index (χ3n) is 3.91. The second-order valence-corrected chi connectivity index (χ2v) is 7.64. The van der Waals surface area contributed by atoms with Gasteiger partial charge in [0.25, 0.3) is 0 Å². The number of halogens is 1. The van der Waals surface area contributed by atoms with Gasteiger partial charge in [0.05, 0.1) is 11.3 Å². The van der Waals surface area contributed by atoms with E-state index in [9.17, 15) is 15.0 Å². The lowest BCUT2D eigenvalue weighted by Crippen LogP contribution is -2.50. The molecule has 0 aromatic heterocycles. The molecule has 6 nitrogen and oxygen atoms in total. The predicted octanol–water partition coefficient (Wildman–Crippen LogP) is 3.22. The second-order valence-electron chi connectivity index (χ2n) is 7.21. The average Bonchev–Trinajstić information content (AvgIpc) is 2.47. The average molecular weight is 357 g/mol. The van der Waals surface area contributed by atoms with Crippen LogP contribution >= 0.6 is 11.6 Å². The van der Waals surface area contributed by atoms with Crippen molar-refractivity contribution >= 4 is 23.4 Å². The monoisotopic (exact) mass is 356 g/mol. The number of nitrogens with zero attached hydrogens (tertiary/aromatic N) is 1. The maximum Gasteiger partial charge on any atom is 0.410 e. The van der Waals surface area contributed by atoms with Gasteiger partial charge in [0.1, 0.15) is 11.4 Å². The van der Waals surface area contributed by atoms with E-state index in [2.05, 4.69) is 5.32 Å². The summed E-state index contributed by atoms with van der Waals surface area (Å²) in [5.74, 6) is 0.0780. The second kappa shape index (κ2) is 7.07. The minimum atomic E-state index is -0.951. The molecule has 0 saturated carbocycles. The number of phenolic OH excluding ortho intramolecular Hbond substituents is 1. The number of carbonyl (C=O) groups is 1. The standard InChI is InChI=1S/C17H25ClN2O4/c1-16(2,3)24-15(22)20-8-6-17(23,7-9-20)11-19-13-10-12(18)4-5-14(13)21/h4-5,10,19,21,23H,6-9,11H2,1-3H3. The van der Waals surface area contributed by atoms with Gasteiger partial charge in [0.2, 0.25) is 0 Å². The van der Waals surface area contributed by atoms with Crippen LogP contribution in [0.2, 0.25) is 5.02 Å². The lowest BCUT2D eigenvalue weighted by molar-refractivity contribution is -0.0244. The van der Waals surface area contributed by atoms with E-state index < -0.39 is 11.2 Å². The number of likely N-dealkylation sites (tertiary alicyclic amines) is 1. The lowest BCUT2D eigenvalue weighted by atomic mass is 9.91. The number of ether oxygens (including phenoxy) is 1. The first-order valence-corrected chi connectivity index (χ1v) is 8.38. The van der Waals surface area contributed by atoms with Crippen molar-refractivity contribution in [3.63, 3.8) is 0 Å². The molecule has 1 amide bonds. The smallest absolute Gasteiger partial charge is 0.410 e. The molecule has 0 radical (unpaired) electrons. The fourth-order valence-corrected chi connectivity index (χ4v) is 2.69. The molecule has 1 fully saturated rings. The SMILES string of the molecule is CC(C)(C)OC(=O)N1CCC(O)(CNc2cc(Cl)ccc2O)CC1. The highest BCUT2D eigenvalue weighted by atomic mass is 35.5. The number of aromatic hydroxyl groups is 1. The van der Waals surface area contributed by atoms with Gasteiger partial charge in [-0.25, -0.2) is 4.79 Å². The number of carbonyl (C=O) groups excluding carboxylic acids is 1. The van der Waals surface area contributed by atoms with E-state index in [0.717, 1.165) is 0 Å². The molecule has 7 heteroatoms. The Morgan fingerprint density at radius 1 is 1.38 bits per heavy atom. The highest BCUT2D eigenvalue weighted by Crippen LogP contribution is 2.29. The fraction of sp³-hybridized carbons (Fsp3) is 0.588. The molecule has 134 valence electrons. The molecule has 1 aromatic carbocycles. The molecular formula is C17H25ClN2O4. The Kier molecular flexibility index (Phi) is 5.50. The van der Waals surface area contributed by atoms with Crippen molar-refractivity contribution in [2.45, 2.75) is 44.8 Å². The summed E-state index contributed by atoms with van der Waals surface area (Å²) in [5.41, 5.74) is -1.01. The Morgan fingerprint density at radius 3 is 2.58 bits per heavy atom. The summed E-state index contributed by atoms with van der Waals surface area (Å²) in [4.78, 5) is 13.7. The maximum atomic E-state index is 12.0. The Labute approximate surface area is 147 Å². The Hall–Kier alpha value is -1.66. The summed E-state index contributed by atoms with van der Waals surface area (Å²) in [6.45, 7) is 6.60. The van der Waals surface area contributed by atoms with E-state index >= 15 is 0 Å². The van der Waals surface area contributed by atoms with Crippen LogP contribution in [-0.4, -0.2) is 52.0 Å². The highest BCUT2D eigenvalue weighted by molar-refractivity contribution is 6.30. The Morgan fingerprint density at radius 2 is 2.00 bits per heavy atom. The van der Waals surface area contributed by atoms with Gasteiger partial charge in [0.15, 0.2) is 0 Å². The van der Waals surface area contributed by atoms with Crippen LogP contribution in [0.3, 0.4) is 0 Å². The van der Waals surface area contributed by atoms with Crippen molar-refractivity contribution in [2.75, 3.05) is 25.0 Å². The molecule has 0 atom stereocenters. The van der Waals surface area contributed by atoms with Crippen LogP contribution in [0.5, 0.6) is 5.75 Å². The molecule has 0 aliphatic carbocycles. The number of hydrogen-bond donors (Lipinski definition) is 3. The number of amides is 1. The van der Waals surface area contributed by atoms with E-state index in [1.807, 2.05) is 20.8 Å². The summed E-state index contributed by atoms with van der Waals surface area (Å²) in [5, 5.41) is 24.0. The summed E-state index contributed by atoms with van der Waals surface area (Å²) < 4.78 is 5.35. The van der Waals surface area contributed by atoms with Gasteiger partial charge in [-0.05, 0) is 51.8 Å². The minimum absolute atomic E-state index is 0.0780. The molecule has 1 aliphatic heterocycles. The van der Waals surface area contributed by atoms with Crippen molar-refractivity contribution < 1.29 is 19.7 Å². The van der Waals surface area contributed by atoms with Crippen LogP contribution in [0.4, 0.5) is 10.5 Å². The van der Waals surface area contributed by atoms with E-state index in [0.29, 0.717) is 36.6 Å². The van der Waals surface area contributed by atoms with Gasteiger partial charge < -0.3 is 25.2 Å². The predicted molar refractivity (Wildman–Crippen MR) is 93.6 cm³/mol. The number of hydrogen-bond acceptors (Lipinski definition) is 5. The van der Waals surface area contributed by atoms with Gasteiger partial charge in [-0.3, -0.25) is 0 Å². The third-order valence-corrected chi connectivity index (χ3v) is 4.15. The van der Waals surface area contributed by atoms with Crippen LogP contribution < -0.4 is 5.32 Å². The number of aliphatic hydroxyl groups is 1. The molecule has 2 rings (SSSR count). The van der Waals surface area contributed by atoms with E-state index in [1.54, 1.807) is 17.0 Å². The molecular weight excluding hydrogens is 332 g/mol. The zero-order chi connectivity index (χ0) is 18.0. The molecule has 1 heterocycles. The van der Waals surface area contributed by atoms with Crippen LogP contribution in [0.1, 0.15) is 33.6 Å². The first-order chi connectivity index (χ1) is 11.1. The molecule has 24 heavy (non-hydrogen) atoms. The number of benzene rings is 1. The van der Waals surface area contributed by atoms with Gasteiger partial charge in [-0.2, -0.15) is 0 Å². The Bertz CT molecular complexity index is 593. The van der Waals surface area contributed by atoms with Crippen molar-refractivity contribution in [2.24, 2.45) is 0 Å². The fourth-order valence-electron chi connectivity index (χ4n) is 2.52. The van der Waals surface area contributed by atoms with E-state index in [4.69, 9.17) is 16.3 Å². The largest absolute Gasteiger partial charge is 0.506 e. The first-order valence-electron chi connectivity index (χ1n) is 8.01. The van der Waals surface area contributed by atoms with Gasteiger partial charge in [0, 0.05) is 24.7 Å². The summed E-state index contributed by atoms with van der Waals surface area (Å²) >= 11 is 5.91. The number of rotatable bonds is 3. The third kappa shape index (κ3) is 5.18. The summed E-state index contributed by atoms with van der Waals surface area (Å²) in [6, 6.07) is 4.70. The van der Waals surface area contributed by atoms with Crippen LogP contribution in [0.15, 0.2) is 18.2 Å². The molecule has 0 spiro atoms. The van der Waals surface area contributed by atoms with E-state index in [-0.39, 0.29) is 18.4 Å². The number of anilines is 1. The Balaban J connectivity index is 1.88. The van der Waals surface area contributed by atoms with Crippen molar-refractivity contribution in [3.05, 3.63) is 23.2 Å². The summed E-state index contributed by atoms with van der Waals surface area (Å²) in [7, 11) is 0. The highest BCUT2D eigenvalue weighted by Gasteiger charge is 2.35. The van der Waals surface area contributed by atoms with Crippen LogP contribution in [-0.2, 0) is 4.74 Å². The zero-order valence-electron chi connectivity index (χ0n) is 14.3. The molecule has 3 N–H and O–H groups in total. The summed E-state index contributed by atoms with van der Waals surface area (Å²) in [6.07, 6.45) is 0.506.